The van der Waals surface area contributed by atoms with Crippen LogP contribution in [0.3, 0.4) is 0 Å². The van der Waals surface area contributed by atoms with Gasteiger partial charge in [0.25, 0.3) is 0 Å². The van der Waals surface area contributed by atoms with Crippen LogP contribution in [0.25, 0.3) is 0 Å². The Kier molecular flexibility index (Phi) is 10.6. The van der Waals surface area contributed by atoms with Gasteiger partial charge in [-0.2, -0.15) is 0 Å². The van der Waals surface area contributed by atoms with E-state index in [-0.39, 0.29) is 18.0 Å². The summed E-state index contributed by atoms with van der Waals surface area (Å²) in [6.45, 7) is 8.72. The molecule has 0 bridgehead atoms. The molecule has 2 heterocycles. The van der Waals surface area contributed by atoms with E-state index in [1.54, 1.807) is 15.9 Å². The summed E-state index contributed by atoms with van der Waals surface area (Å²) in [5.41, 5.74) is 3.13. The zero-order valence-corrected chi connectivity index (χ0v) is 28.1. The SMILES string of the molecule is C#Cc1ccc(C2=N[C@@H](c3ccc(Cl)cc3)[C@@H](c3ccc(Cl)cc3)N2C(=O)N2CCN(CC(=O)N(C)C(C)C)CC2)c(OCC)c1. The first-order valence-corrected chi connectivity index (χ1v) is 16.3. The molecule has 5 rings (SSSR count). The quantitative estimate of drug-likeness (QED) is 0.258. The van der Waals surface area contributed by atoms with Gasteiger partial charge >= 0.3 is 6.03 Å². The molecular formula is C36H39Cl2N5O3. The highest BCUT2D eigenvalue weighted by molar-refractivity contribution is 6.30. The fourth-order valence-corrected chi connectivity index (χ4v) is 6.02. The Labute approximate surface area is 281 Å². The molecule has 46 heavy (non-hydrogen) atoms. The minimum atomic E-state index is -0.484. The molecule has 0 aromatic heterocycles. The molecule has 0 spiro atoms. The number of benzene rings is 3. The van der Waals surface area contributed by atoms with Crippen LogP contribution in [0.5, 0.6) is 5.75 Å². The molecular weight excluding hydrogens is 621 g/mol. The van der Waals surface area contributed by atoms with Gasteiger partial charge in [-0.05, 0) is 74.4 Å². The third-order valence-electron chi connectivity index (χ3n) is 8.55. The maximum atomic E-state index is 14.7. The van der Waals surface area contributed by atoms with Gasteiger partial charge in [0.15, 0.2) is 0 Å². The molecule has 240 valence electrons. The number of amides is 3. The van der Waals surface area contributed by atoms with E-state index >= 15 is 0 Å². The van der Waals surface area contributed by atoms with Crippen LogP contribution >= 0.6 is 23.2 Å². The Morgan fingerprint density at radius 2 is 1.59 bits per heavy atom. The number of likely N-dealkylation sites (N-methyl/N-ethyl adjacent to an activating group) is 1. The molecule has 1 saturated heterocycles. The first kappa shape index (κ1) is 33.3. The topological polar surface area (TPSA) is 68.7 Å². The van der Waals surface area contributed by atoms with Crippen molar-refractivity contribution < 1.29 is 14.3 Å². The van der Waals surface area contributed by atoms with Gasteiger partial charge in [0.05, 0.1) is 24.8 Å². The van der Waals surface area contributed by atoms with Crippen LogP contribution in [0.1, 0.15) is 55.1 Å². The molecule has 0 unspecified atom stereocenters. The summed E-state index contributed by atoms with van der Waals surface area (Å²) in [6.07, 6.45) is 5.73. The first-order valence-electron chi connectivity index (χ1n) is 15.5. The van der Waals surface area contributed by atoms with E-state index in [0.29, 0.717) is 72.1 Å². The monoisotopic (exact) mass is 659 g/mol. The zero-order chi connectivity index (χ0) is 33.0. The Balaban J connectivity index is 1.55. The minimum Gasteiger partial charge on any atom is -0.493 e. The largest absolute Gasteiger partial charge is 0.493 e. The van der Waals surface area contributed by atoms with E-state index in [2.05, 4.69) is 10.8 Å². The Hall–Kier alpha value is -4.03. The Bertz CT molecular complexity index is 1630. The fraction of sp³-hybridized carbons (Fsp3) is 0.361. The smallest absolute Gasteiger partial charge is 0.326 e. The highest BCUT2D eigenvalue weighted by Crippen LogP contribution is 2.45. The molecule has 0 radical (unpaired) electrons. The number of hydrogen-bond donors (Lipinski definition) is 0. The van der Waals surface area contributed by atoms with E-state index < -0.39 is 12.1 Å². The van der Waals surface area contributed by atoms with Gasteiger partial charge in [-0.1, -0.05) is 53.4 Å². The van der Waals surface area contributed by atoms with Gasteiger partial charge < -0.3 is 14.5 Å². The molecule has 0 N–H and O–H groups in total. The van der Waals surface area contributed by atoms with Gasteiger partial charge in [0.1, 0.15) is 17.6 Å². The van der Waals surface area contributed by atoms with Crippen molar-refractivity contribution in [3.8, 4) is 18.1 Å². The van der Waals surface area contributed by atoms with Crippen molar-refractivity contribution in [1.82, 2.24) is 19.6 Å². The molecule has 1 fully saturated rings. The number of rotatable bonds is 8. The lowest BCUT2D eigenvalue weighted by molar-refractivity contribution is -0.132. The third-order valence-corrected chi connectivity index (χ3v) is 9.06. The molecule has 2 atom stereocenters. The second-order valence-corrected chi connectivity index (χ2v) is 12.6. The number of halogens is 2. The number of piperazine rings is 1. The second kappa shape index (κ2) is 14.6. The van der Waals surface area contributed by atoms with Gasteiger partial charge in [0, 0.05) is 54.9 Å². The van der Waals surface area contributed by atoms with Crippen molar-refractivity contribution in [2.24, 2.45) is 4.99 Å². The van der Waals surface area contributed by atoms with Crippen LogP contribution in [0.15, 0.2) is 71.7 Å². The molecule has 2 aliphatic heterocycles. The number of amidine groups is 1. The zero-order valence-electron chi connectivity index (χ0n) is 26.6. The summed E-state index contributed by atoms with van der Waals surface area (Å²) < 4.78 is 6.06. The van der Waals surface area contributed by atoms with Gasteiger partial charge in [0.2, 0.25) is 5.91 Å². The molecule has 8 nitrogen and oxygen atoms in total. The lowest BCUT2D eigenvalue weighted by Crippen LogP contribution is -2.55. The number of urea groups is 1. The maximum absolute atomic E-state index is 14.7. The van der Waals surface area contributed by atoms with Crippen molar-refractivity contribution in [3.05, 3.63) is 99.0 Å². The minimum absolute atomic E-state index is 0.0659. The summed E-state index contributed by atoms with van der Waals surface area (Å²) in [5, 5.41) is 1.21. The number of aliphatic imine (C=N–C) groups is 1. The van der Waals surface area contributed by atoms with Crippen LogP contribution in [-0.4, -0.2) is 89.8 Å². The van der Waals surface area contributed by atoms with Crippen LogP contribution in [0.4, 0.5) is 4.79 Å². The highest BCUT2D eigenvalue weighted by Gasteiger charge is 2.45. The number of hydrogen-bond acceptors (Lipinski definition) is 5. The number of ether oxygens (including phenoxy) is 1. The number of nitrogens with zero attached hydrogens (tertiary/aromatic N) is 5. The molecule has 2 aliphatic rings. The van der Waals surface area contributed by atoms with Gasteiger partial charge in [-0.15, -0.1) is 6.42 Å². The number of terminal acetylenes is 1. The van der Waals surface area contributed by atoms with Crippen molar-refractivity contribution in [2.45, 2.75) is 38.9 Å². The summed E-state index contributed by atoms with van der Waals surface area (Å²) in [5.74, 6) is 3.79. The first-order chi connectivity index (χ1) is 22.1. The maximum Gasteiger partial charge on any atom is 0.326 e. The van der Waals surface area contributed by atoms with Crippen molar-refractivity contribution in [1.29, 1.82) is 0 Å². The van der Waals surface area contributed by atoms with Crippen molar-refractivity contribution in [2.75, 3.05) is 46.4 Å². The van der Waals surface area contributed by atoms with Crippen molar-refractivity contribution >= 4 is 41.0 Å². The molecule has 0 aliphatic carbocycles. The van der Waals surface area contributed by atoms with E-state index in [4.69, 9.17) is 39.4 Å². The van der Waals surface area contributed by atoms with E-state index in [9.17, 15) is 9.59 Å². The highest BCUT2D eigenvalue weighted by atomic mass is 35.5. The lowest BCUT2D eigenvalue weighted by Gasteiger charge is -2.39. The normalized spacial score (nSPS) is 18.3. The van der Waals surface area contributed by atoms with E-state index in [1.165, 1.54) is 0 Å². The lowest BCUT2D eigenvalue weighted by atomic mass is 9.93. The van der Waals surface area contributed by atoms with Crippen LogP contribution in [0, 0.1) is 12.3 Å². The Morgan fingerprint density at radius 3 is 2.15 bits per heavy atom. The Morgan fingerprint density at radius 1 is 0.978 bits per heavy atom. The molecule has 3 amide bonds. The fourth-order valence-electron chi connectivity index (χ4n) is 5.77. The predicted molar refractivity (Wildman–Crippen MR) is 184 cm³/mol. The standard InChI is InChI=1S/C36H39Cl2N5O3/c1-6-25-8-17-30(31(22-25)46-7-2)35-39-33(26-9-13-28(37)14-10-26)34(27-11-15-29(38)16-12-27)43(35)36(45)42-20-18-41(19-21-42)23-32(44)40(5)24(3)4/h1,8-17,22,24,33-34H,7,18-21,23H2,2-5H3/t33-,34+/m0/s1. The third kappa shape index (κ3) is 7.18. The summed E-state index contributed by atoms with van der Waals surface area (Å²) >= 11 is 12.6. The van der Waals surface area contributed by atoms with Crippen LogP contribution < -0.4 is 4.74 Å². The van der Waals surface area contributed by atoms with Gasteiger partial charge in [-0.3, -0.25) is 19.6 Å². The van der Waals surface area contributed by atoms with Crippen LogP contribution in [0.2, 0.25) is 10.0 Å². The second-order valence-electron chi connectivity index (χ2n) is 11.7. The van der Waals surface area contributed by atoms with E-state index in [1.807, 2.05) is 93.4 Å². The van der Waals surface area contributed by atoms with Crippen LogP contribution in [-0.2, 0) is 4.79 Å². The van der Waals surface area contributed by atoms with Gasteiger partial charge in [-0.25, -0.2) is 4.79 Å². The molecule has 10 heteroatoms. The average molecular weight is 661 g/mol. The summed E-state index contributed by atoms with van der Waals surface area (Å²) in [6, 6.07) is 19.6. The number of carbonyl (C=O) groups is 2. The average Bonchev–Trinajstić information content (AvgIpc) is 3.45. The van der Waals surface area contributed by atoms with Crippen molar-refractivity contribution in [3.63, 3.8) is 0 Å². The number of carbonyl (C=O) groups excluding carboxylic acids is 2. The summed E-state index contributed by atoms with van der Waals surface area (Å²) in [7, 11) is 1.82. The predicted octanol–water partition coefficient (Wildman–Crippen LogP) is 6.52. The molecule has 3 aromatic carbocycles. The molecule has 3 aromatic rings. The summed E-state index contributed by atoms with van der Waals surface area (Å²) in [4.78, 5) is 40.2. The molecule has 0 saturated carbocycles. The van der Waals surface area contributed by atoms with E-state index in [0.717, 1.165) is 11.1 Å².